The van der Waals surface area contributed by atoms with Crippen molar-refractivity contribution < 1.29 is 4.79 Å². The Balaban J connectivity index is 1.76. The van der Waals surface area contributed by atoms with Gasteiger partial charge < -0.3 is 5.32 Å². The molecule has 2 aliphatic carbocycles. The van der Waals surface area contributed by atoms with Crippen LogP contribution in [0.2, 0.25) is 5.15 Å². The fourth-order valence-electron chi connectivity index (χ4n) is 5.03. The summed E-state index contributed by atoms with van der Waals surface area (Å²) in [7, 11) is 1.75. The maximum absolute atomic E-state index is 13.0. The van der Waals surface area contributed by atoms with Crippen molar-refractivity contribution in [3.63, 3.8) is 0 Å². The summed E-state index contributed by atoms with van der Waals surface area (Å²) in [5, 5.41) is 7.89. The molecular formula is C20H24ClN3O. The molecule has 25 heavy (non-hydrogen) atoms. The quantitative estimate of drug-likeness (QED) is 0.886. The second-order valence-electron chi connectivity index (χ2n) is 7.53. The highest BCUT2D eigenvalue weighted by atomic mass is 35.5. The molecule has 4 rings (SSSR count). The van der Waals surface area contributed by atoms with Gasteiger partial charge >= 0.3 is 0 Å². The minimum Gasteiger partial charge on any atom is -0.342 e. The summed E-state index contributed by atoms with van der Waals surface area (Å²) < 4.78 is 1.53. The van der Waals surface area contributed by atoms with Crippen molar-refractivity contribution in [2.45, 2.75) is 51.0 Å². The van der Waals surface area contributed by atoms with E-state index in [9.17, 15) is 4.79 Å². The van der Waals surface area contributed by atoms with Crippen molar-refractivity contribution in [1.29, 1.82) is 0 Å². The highest BCUT2D eigenvalue weighted by molar-refractivity contribution is 6.32. The minimum absolute atomic E-state index is 0.116. The van der Waals surface area contributed by atoms with E-state index in [4.69, 9.17) is 11.6 Å². The molecule has 2 aliphatic rings. The van der Waals surface area contributed by atoms with E-state index in [1.807, 2.05) is 0 Å². The molecule has 1 aromatic heterocycles. The van der Waals surface area contributed by atoms with E-state index in [2.05, 4.69) is 42.5 Å². The van der Waals surface area contributed by atoms with Crippen LogP contribution in [0.3, 0.4) is 0 Å². The number of fused-ring (bicyclic) bond motifs is 5. The van der Waals surface area contributed by atoms with Crippen molar-refractivity contribution in [3.05, 3.63) is 51.8 Å². The number of rotatable bonds is 4. The topological polar surface area (TPSA) is 46.9 Å². The molecule has 4 nitrogen and oxygen atoms in total. The van der Waals surface area contributed by atoms with Gasteiger partial charge in [-0.2, -0.15) is 5.10 Å². The Morgan fingerprint density at radius 1 is 1.48 bits per heavy atom. The van der Waals surface area contributed by atoms with Crippen molar-refractivity contribution in [3.8, 4) is 0 Å². The smallest absolute Gasteiger partial charge is 0.256 e. The average Bonchev–Trinajstić information content (AvgIpc) is 3.17. The van der Waals surface area contributed by atoms with E-state index in [-0.39, 0.29) is 11.4 Å². The molecule has 0 aliphatic heterocycles. The van der Waals surface area contributed by atoms with Crippen LogP contribution < -0.4 is 5.32 Å². The minimum atomic E-state index is -0.266. The Morgan fingerprint density at radius 2 is 2.28 bits per heavy atom. The SMILES string of the molecule is CCCC1C2CCC1(NC(=O)c1cnn(C)c1Cl)c1cc(C)ccc12. The Bertz CT molecular complexity index is 843. The van der Waals surface area contributed by atoms with Gasteiger partial charge in [0.1, 0.15) is 5.15 Å². The number of nitrogens with zero attached hydrogens (tertiary/aromatic N) is 2. The van der Waals surface area contributed by atoms with Crippen LogP contribution in [0.15, 0.2) is 24.4 Å². The first-order chi connectivity index (χ1) is 12.0. The number of carbonyl (C=O) groups excluding carboxylic acids is 1. The summed E-state index contributed by atoms with van der Waals surface area (Å²) in [5.74, 6) is 0.906. The van der Waals surface area contributed by atoms with Crippen LogP contribution in [0.1, 0.15) is 65.6 Å². The van der Waals surface area contributed by atoms with E-state index in [0.29, 0.717) is 22.6 Å². The fourth-order valence-corrected chi connectivity index (χ4v) is 5.20. The molecule has 1 N–H and O–H groups in total. The Kier molecular flexibility index (Phi) is 3.91. The molecule has 1 aromatic carbocycles. The highest BCUT2D eigenvalue weighted by Crippen LogP contribution is 2.61. The molecule has 0 radical (unpaired) electrons. The number of nitrogens with one attached hydrogen (secondary N) is 1. The monoisotopic (exact) mass is 357 g/mol. The lowest BCUT2D eigenvalue weighted by Gasteiger charge is -2.35. The van der Waals surface area contributed by atoms with E-state index < -0.39 is 0 Å². The third kappa shape index (κ3) is 2.34. The zero-order valence-corrected chi connectivity index (χ0v) is 15.7. The lowest BCUT2D eigenvalue weighted by atomic mass is 9.81. The predicted molar refractivity (Wildman–Crippen MR) is 98.9 cm³/mol. The van der Waals surface area contributed by atoms with Crippen molar-refractivity contribution in [2.24, 2.45) is 13.0 Å². The summed E-state index contributed by atoms with van der Waals surface area (Å²) >= 11 is 6.25. The molecule has 1 amide bonds. The second kappa shape index (κ2) is 5.87. The van der Waals surface area contributed by atoms with Crippen molar-refractivity contribution in [1.82, 2.24) is 15.1 Å². The lowest BCUT2D eigenvalue weighted by Crippen LogP contribution is -2.47. The van der Waals surface area contributed by atoms with Gasteiger partial charge in [0.05, 0.1) is 17.3 Å². The Morgan fingerprint density at radius 3 is 2.96 bits per heavy atom. The third-order valence-electron chi connectivity index (χ3n) is 6.10. The number of hydrogen-bond donors (Lipinski definition) is 1. The van der Waals surface area contributed by atoms with Crippen LogP contribution in [-0.2, 0) is 12.6 Å². The Hall–Kier alpha value is -1.81. The van der Waals surface area contributed by atoms with Crippen LogP contribution >= 0.6 is 11.6 Å². The van der Waals surface area contributed by atoms with Gasteiger partial charge in [-0.1, -0.05) is 48.7 Å². The molecule has 2 aromatic rings. The fraction of sp³-hybridized carbons (Fsp3) is 0.500. The first-order valence-corrected chi connectivity index (χ1v) is 9.46. The van der Waals surface area contributed by atoms with Crippen LogP contribution in [-0.4, -0.2) is 15.7 Å². The van der Waals surface area contributed by atoms with Gasteiger partial charge in [-0.05, 0) is 49.1 Å². The predicted octanol–water partition coefficient (Wildman–Crippen LogP) is 4.31. The molecule has 132 valence electrons. The van der Waals surface area contributed by atoms with Gasteiger partial charge in [-0.3, -0.25) is 9.48 Å². The molecule has 0 spiro atoms. The largest absolute Gasteiger partial charge is 0.342 e. The number of amides is 1. The van der Waals surface area contributed by atoms with Gasteiger partial charge in [-0.25, -0.2) is 0 Å². The molecule has 3 atom stereocenters. The molecule has 2 bridgehead atoms. The number of hydrogen-bond acceptors (Lipinski definition) is 2. The zero-order chi connectivity index (χ0) is 17.8. The first-order valence-electron chi connectivity index (χ1n) is 9.09. The van der Waals surface area contributed by atoms with E-state index >= 15 is 0 Å². The maximum atomic E-state index is 13.0. The maximum Gasteiger partial charge on any atom is 0.256 e. The summed E-state index contributed by atoms with van der Waals surface area (Å²) in [5.41, 5.74) is 4.18. The van der Waals surface area contributed by atoms with Gasteiger partial charge in [0, 0.05) is 7.05 Å². The first kappa shape index (κ1) is 16.6. The van der Waals surface area contributed by atoms with Crippen LogP contribution in [0.4, 0.5) is 0 Å². The van der Waals surface area contributed by atoms with Crippen molar-refractivity contribution >= 4 is 17.5 Å². The molecule has 1 heterocycles. The molecule has 1 saturated carbocycles. The highest BCUT2D eigenvalue weighted by Gasteiger charge is 2.57. The second-order valence-corrected chi connectivity index (χ2v) is 7.89. The standard InChI is InChI=1S/C20H24ClN3O/c1-4-5-16-14-8-9-20(16,17-10-12(2)6-7-13(14)17)23-19(25)15-11-22-24(3)18(15)21/h6-7,10-11,14,16H,4-5,8-9H2,1-3H3,(H,23,25). The number of halogens is 1. The van der Waals surface area contributed by atoms with E-state index in [0.717, 1.165) is 25.7 Å². The van der Waals surface area contributed by atoms with Gasteiger partial charge in [0.25, 0.3) is 5.91 Å². The van der Waals surface area contributed by atoms with Crippen LogP contribution in [0, 0.1) is 12.8 Å². The van der Waals surface area contributed by atoms with E-state index in [1.165, 1.54) is 21.4 Å². The average molecular weight is 358 g/mol. The number of aryl methyl sites for hydroxylation is 2. The van der Waals surface area contributed by atoms with Crippen LogP contribution in [0.25, 0.3) is 0 Å². The summed E-state index contributed by atoms with van der Waals surface area (Å²) in [6.07, 6.45) is 5.95. The molecule has 0 saturated heterocycles. The number of aromatic nitrogens is 2. The molecule has 1 fully saturated rings. The lowest BCUT2D eigenvalue weighted by molar-refractivity contribution is 0.0869. The summed E-state index contributed by atoms with van der Waals surface area (Å²) in [6, 6.07) is 6.72. The molecule has 3 unspecified atom stereocenters. The molecular weight excluding hydrogens is 334 g/mol. The number of carbonyl (C=O) groups is 1. The normalized spacial score (nSPS) is 26.7. The van der Waals surface area contributed by atoms with Gasteiger partial charge in [0.15, 0.2) is 0 Å². The van der Waals surface area contributed by atoms with E-state index in [1.54, 1.807) is 13.2 Å². The van der Waals surface area contributed by atoms with Gasteiger partial charge in [0.2, 0.25) is 0 Å². The summed E-state index contributed by atoms with van der Waals surface area (Å²) in [6.45, 7) is 4.34. The zero-order valence-electron chi connectivity index (χ0n) is 15.0. The molecule has 5 heteroatoms. The van der Waals surface area contributed by atoms with Crippen molar-refractivity contribution in [2.75, 3.05) is 0 Å². The van der Waals surface area contributed by atoms with Crippen LogP contribution in [0.5, 0.6) is 0 Å². The Labute approximate surface area is 153 Å². The third-order valence-corrected chi connectivity index (χ3v) is 6.55. The van der Waals surface area contributed by atoms with Gasteiger partial charge in [-0.15, -0.1) is 0 Å². The summed E-state index contributed by atoms with van der Waals surface area (Å²) in [4.78, 5) is 13.0. The number of benzene rings is 1.